The Morgan fingerprint density at radius 3 is 1.98 bits per heavy atom. The van der Waals surface area contributed by atoms with Gasteiger partial charge in [-0.3, -0.25) is 9.78 Å². The summed E-state index contributed by atoms with van der Waals surface area (Å²) in [5.41, 5.74) is 6.57. The number of hydrogen-bond acceptors (Lipinski definition) is 4. The number of furan rings is 1. The second-order valence-electron chi connectivity index (χ2n) is 16.5. The second kappa shape index (κ2) is 16.7. The predicted molar refractivity (Wildman–Crippen MR) is 221 cm³/mol. The number of hydrogen-bond donors (Lipinski definition) is 1. The summed E-state index contributed by atoms with van der Waals surface area (Å²) in [4.78, 5) is 17.3. The maximum atomic E-state index is 12.2. The molecule has 0 amide bonds. The minimum atomic E-state index is -0.337. The van der Waals surface area contributed by atoms with Crippen LogP contribution in [0, 0.1) is 22.8 Å². The van der Waals surface area contributed by atoms with Gasteiger partial charge in [0.25, 0.3) is 0 Å². The molecular formula is C48H58IrNO3-. The molecule has 4 aromatic carbocycles. The van der Waals surface area contributed by atoms with Crippen molar-refractivity contribution in [2.45, 2.75) is 114 Å². The Hall–Kier alpha value is -3.79. The predicted octanol–water partition coefficient (Wildman–Crippen LogP) is 13.9. The first kappa shape index (κ1) is 42.0. The van der Waals surface area contributed by atoms with Crippen LogP contribution < -0.4 is 0 Å². The third kappa shape index (κ3) is 8.48. The summed E-state index contributed by atoms with van der Waals surface area (Å²) in [6.07, 6.45) is 5.73. The summed E-state index contributed by atoms with van der Waals surface area (Å²) in [6, 6.07) is 29.4. The van der Waals surface area contributed by atoms with Crippen molar-refractivity contribution < 1.29 is 34.4 Å². The van der Waals surface area contributed by atoms with Crippen LogP contribution >= 0.6 is 0 Å². The summed E-state index contributed by atoms with van der Waals surface area (Å²) in [6.45, 7) is 23.4. The van der Waals surface area contributed by atoms with Gasteiger partial charge in [0.2, 0.25) is 0 Å². The number of aliphatic hydroxyl groups excluding tert-OH is 1. The molecule has 0 bridgehead atoms. The average molecular weight is 889 g/mol. The van der Waals surface area contributed by atoms with E-state index in [1.54, 1.807) is 0 Å². The molecule has 0 aliphatic heterocycles. The van der Waals surface area contributed by atoms with Crippen LogP contribution in [0.4, 0.5) is 0 Å². The molecule has 5 heteroatoms. The van der Waals surface area contributed by atoms with Crippen molar-refractivity contribution in [3.63, 3.8) is 0 Å². The van der Waals surface area contributed by atoms with Crippen molar-refractivity contribution in [3.05, 3.63) is 102 Å². The van der Waals surface area contributed by atoms with Crippen molar-refractivity contribution in [1.29, 1.82) is 0 Å². The summed E-state index contributed by atoms with van der Waals surface area (Å²) in [7, 11) is 0. The van der Waals surface area contributed by atoms with E-state index in [2.05, 4.69) is 113 Å². The number of carbonyl (C=O) groups excluding carboxylic acids is 1. The fraction of sp³-hybridized carbons (Fsp3) is 0.417. The molecule has 1 N–H and O–H groups in total. The van der Waals surface area contributed by atoms with Crippen LogP contribution in [0.1, 0.15) is 113 Å². The summed E-state index contributed by atoms with van der Waals surface area (Å²) >= 11 is 0. The van der Waals surface area contributed by atoms with Gasteiger partial charge in [-0.05, 0) is 55.1 Å². The maximum Gasteiger partial charge on any atom is 0.164 e. The van der Waals surface area contributed by atoms with Gasteiger partial charge in [-0.25, -0.2) is 0 Å². The minimum absolute atomic E-state index is 0. The number of rotatable bonds is 10. The molecule has 53 heavy (non-hydrogen) atoms. The van der Waals surface area contributed by atoms with Gasteiger partial charge in [-0.1, -0.05) is 142 Å². The number of nitrogens with zero attached hydrogens (tertiary/aromatic N) is 1. The molecule has 4 nitrogen and oxygen atoms in total. The first-order valence-corrected chi connectivity index (χ1v) is 19.2. The number of para-hydroxylation sites is 2. The minimum Gasteiger partial charge on any atom is -0.512 e. The molecule has 6 rings (SSSR count). The number of pyridine rings is 1. The van der Waals surface area contributed by atoms with Gasteiger partial charge in [0, 0.05) is 58.9 Å². The molecule has 0 saturated carbocycles. The van der Waals surface area contributed by atoms with Crippen LogP contribution in [0.2, 0.25) is 0 Å². The first-order chi connectivity index (χ1) is 24.6. The summed E-state index contributed by atoms with van der Waals surface area (Å²) in [5, 5.41) is 15.9. The molecular weight excluding hydrogens is 831 g/mol. The van der Waals surface area contributed by atoms with E-state index >= 15 is 0 Å². The molecule has 283 valence electrons. The van der Waals surface area contributed by atoms with Crippen LogP contribution in [0.5, 0.6) is 0 Å². The smallest absolute Gasteiger partial charge is 0.164 e. The number of aromatic nitrogens is 1. The average Bonchev–Trinajstić information content (AvgIpc) is 3.54. The van der Waals surface area contributed by atoms with E-state index < -0.39 is 0 Å². The number of fused-ring (bicyclic) bond motifs is 6. The van der Waals surface area contributed by atoms with Crippen molar-refractivity contribution in [2.75, 3.05) is 0 Å². The zero-order valence-electron chi connectivity index (χ0n) is 33.7. The number of carbonyl (C=O) groups is 1. The first-order valence-electron chi connectivity index (χ1n) is 19.2. The van der Waals surface area contributed by atoms with Gasteiger partial charge >= 0.3 is 0 Å². The molecule has 0 aliphatic carbocycles. The fourth-order valence-corrected chi connectivity index (χ4v) is 7.01. The number of aliphatic hydroxyl groups is 1. The molecule has 0 spiro atoms. The SMILES string of the molecule is CC(C)Cc1cccc2c1oc1c(-c3[c-]c4ccccc4c(C(C)(C)C)c3)nc3ccccc3c12.CCC(C)(CC)C(=O)/C=C(\O)C(C)(CC)CC.[Ir]. The Kier molecular flexibility index (Phi) is 13.2. The fourth-order valence-electron chi connectivity index (χ4n) is 7.01. The van der Waals surface area contributed by atoms with Gasteiger partial charge in [0.1, 0.15) is 16.9 Å². The van der Waals surface area contributed by atoms with E-state index in [4.69, 9.17) is 9.40 Å². The molecule has 0 atom stereocenters. The van der Waals surface area contributed by atoms with E-state index in [1.807, 2.05) is 41.5 Å². The van der Waals surface area contributed by atoms with E-state index in [0.29, 0.717) is 5.92 Å². The van der Waals surface area contributed by atoms with Crippen LogP contribution in [0.3, 0.4) is 0 Å². The van der Waals surface area contributed by atoms with Crippen molar-refractivity contribution in [2.24, 2.45) is 16.7 Å². The van der Waals surface area contributed by atoms with Gasteiger partial charge in [0.05, 0.1) is 5.52 Å². The zero-order valence-corrected chi connectivity index (χ0v) is 36.1. The number of benzene rings is 4. The van der Waals surface area contributed by atoms with Gasteiger partial charge < -0.3 is 9.52 Å². The van der Waals surface area contributed by atoms with Gasteiger partial charge in [0.15, 0.2) is 5.78 Å². The second-order valence-corrected chi connectivity index (χ2v) is 16.5. The van der Waals surface area contributed by atoms with Crippen molar-refractivity contribution in [1.82, 2.24) is 4.98 Å². The topological polar surface area (TPSA) is 63.3 Å². The quantitative estimate of drug-likeness (QED) is 0.0845. The normalized spacial score (nSPS) is 12.7. The molecule has 6 aromatic rings. The Morgan fingerprint density at radius 1 is 0.792 bits per heavy atom. The molecule has 1 radical (unpaired) electrons. The van der Waals surface area contributed by atoms with Crippen LogP contribution in [0.25, 0.3) is 54.9 Å². The largest absolute Gasteiger partial charge is 0.512 e. The molecule has 2 aromatic heterocycles. The Morgan fingerprint density at radius 2 is 1.38 bits per heavy atom. The van der Waals surface area contributed by atoms with Gasteiger partial charge in [-0.2, -0.15) is 0 Å². The van der Waals surface area contributed by atoms with Crippen LogP contribution in [0.15, 0.2) is 89.0 Å². The molecule has 0 fully saturated rings. The standard InChI is InChI=1S/C33H30NO.C15H28O2.Ir/c1-20(2)17-22-12-10-15-26-29-25-14-8-9-16-28(25)34-30(32(29)35-31(22)26)23-18-21-11-6-7-13-24(21)27(19-23)33(3,4)5;1-7-14(5,8-2)12(16)11-13(17)15(6,9-3)10-4;/h6-16,19-20H,17H2,1-5H3;11,16H,7-10H2,1-6H3;/q-1;;/b;12-11-;. The molecule has 0 unspecified atom stereocenters. The Bertz CT molecular complexity index is 2240. The third-order valence-electron chi connectivity index (χ3n) is 11.5. The van der Waals surface area contributed by atoms with Crippen molar-refractivity contribution >= 4 is 49.4 Å². The van der Waals surface area contributed by atoms with E-state index in [-0.39, 0.29) is 47.9 Å². The molecule has 0 saturated heterocycles. The van der Waals surface area contributed by atoms with E-state index in [9.17, 15) is 9.90 Å². The number of allylic oxidation sites excluding steroid dienone is 2. The number of ketones is 1. The maximum absolute atomic E-state index is 12.2. The van der Waals surface area contributed by atoms with Crippen LogP contribution in [-0.4, -0.2) is 15.9 Å². The summed E-state index contributed by atoms with van der Waals surface area (Å²) < 4.78 is 6.73. The van der Waals surface area contributed by atoms with E-state index in [1.165, 1.54) is 22.6 Å². The molecule has 2 heterocycles. The monoisotopic (exact) mass is 889 g/mol. The third-order valence-corrected chi connectivity index (χ3v) is 11.5. The van der Waals surface area contributed by atoms with Crippen LogP contribution in [-0.2, 0) is 36.7 Å². The van der Waals surface area contributed by atoms with E-state index in [0.717, 1.165) is 81.6 Å². The Labute approximate surface area is 330 Å². The zero-order chi connectivity index (χ0) is 38.0. The summed E-state index contributed by atoms with van der Waals surface area (Å²) in [5.74, 6) is 0.833. The Balaban J connectivity index is 0.000000299. The van der Waals surface area contributed by atoms with Crippen molar-refractivity contribution in [3.8, 4) is 11.3 Å². The van der Waals surface area contributed by atoms with Gasteiger partial charge in [-0.15, -0.1) is 29.1 Å². The molecule has 0 aliphatic rings.